The number of anilines is 1. The summed E-state index contributed by atoms with van der Waals surface area (Å²) < 4.78 is 11.1. The van der Waals surface area contributed by atoms with Gasteiger partial charge >= 0.3 is 0 Å². The molecule has 0 unspecified atom stereocenters. The maximum Gasteiger partial charge on any atom is 0.234 e. The summed E-state index contributed by atoms with van der Waals surface area (Å²) in [5.41, 5.74) is 7.36. The summed E-state index contributed by atoms with van der Waals surface area (Å²) in [6.45, 7) is 1.09. The summed E-state index contributed by atoms with van der Waals surface area (Å²) in [4.78, 5) is 17.5. The van der Waals surface area contributed by atoms with Crippen LogP contribution >= 0.6 is 33.9 Å². The van der Waals surface area contributed by atoms with Gasteiger partial charge in [-0.15, -0.1) is 11.3 Å². The molecule has 1 aliphatic rings. The van der Waals surface area contributed by atoms with Crippen LogP contribution in [0.3, 0.4) is 0 Å². The fourth-order valence-corrected chi connectivity index (χ4v) is 3.92. The maximum atomic E-state index is 11.6. The number of pyridine rings is 1. The lowest BCUT2D eigenvalue weighted by Gasteiger charge is -2.18. The number of thiophene rings is 1. The minimum absolute atomic E-state index is 0.0666. The Kier molecular flexibility index (Phi) is 2.93. The second-order valence-corrected chi connectivity index (χ2v) is 6.63. The van der Waals surface area contributed by atoms with Crippen molar-refractivity contribution in [1.29, 1.82) is 0 Å². The SMILES string of the molecule is Nc1c(C(=O)I)sc2nc3cc4c(cc3cc12)OCCO4. The third-order valence-electron chi connectivity index (χ3n) is 3.36. The van der Waals surface area contributed by atoms with Crippen LogP contribution < -0.4 is 15.2 Å². The van der Waals surface area contributed by atoms with Gasteiger partial charge in [0.05, 0.1) is 11.2 Å². The van der Waals surface area contributed by atoms with Crippen LogP contribution in [-0.2, 0) is 0 Å². The average Bonchev–Trinajstić information content (AvgIpc) is 2.79. The molecule has 2 aromatic heterocycles. The minimum Gasteiger partial charge on any atom is -0.486 e. The van der Waals surface area contributed by atoms with Crippen LogP contribution in [0.2, 0.25) is 0 Å². The van der Waals surface area contributed by atoms with Crippen molar-refractivity contribution in [2.75, 3.05) is 18.9 Å². The number of halogens is 1. The molecule has 1 aromatic carbocycles. The molecule has 7 heteroatoms. The van der Waals surface area contributed by atoms with Gasteiger partial charge < -0.3 is 15.2 Å². The van der Waals surface area contributed by atoms with Crippen molar-refractivity contribution in [1.82, 2.24) is 4.98 Å². The lowest BCUT2D eigenvalue weighted by atomic mass is 10.1. The zero-order valence-corrected chi connectivity index (χ0v) is 13.7. The van der Waals surface area contributed by atoms with Crippen LogP contribution in [0.15, 0.2) is 18.2 Å². The molecule has 0 bridgehead atoms. The van der Waals surface area contributed by atoms with E-state index in [-0.39, 0.29) is 3.79 Å². The van der Waals surface area contributed by atoms with E-state index in [1.54, 1.807) is 22.6 Å². The molecule has 5 nitrogen and oxygen atoms in total. The summed E-state index contributed by atoms with van der Waals surface area (Å²) in [5, 5.41) is 1.73. The van der Waals surface area contributed by atoms with Crippen molar-refractivity contribution >= 4 is 64.5 Å². The standard InChI is InChI=1S/C14H9IN2O3S/c15-13(18)12-11(16)7-3-6-4-9-10(20-2-1-19-9)5-8(6)17-14(7)21-12/h3-5H,1-2,16H2. The number of rotatable bonds is 1. The monoisotopic (exact) mass is 412 g/mol. The first-order chi connectivity index (χ1) is 10.1. The highest BCUT2D eigenvalue weighted by Gasteiger charge is 2.18. The molecule has 1 aliphatic heterocycles. The number of nitrogens with two attached hydrogens (primary N) is 1. The molecule has 0 spiro atoms. The van der Waals surface area contributed by atoms with Crippen LogP contribution in [0, 0.1) is 0 Å². The Bertz CT molecular complexity index is 906. The van der Waals surface area contributed by atoms with Gasteiger partial charge in [-0.1, -0.05) is 0 Å². The Morgan fingerprint density at radius 1 is 1.24 bits per heavy atom. The average molecular weight is 412 g/mol. The third-order valence-corrected chi connectivity index (χ3v) is 5.38. The van der Waals surface area contributed by atoms with E-state index >= 15 is 0 Å². The van der Waals surface area contributed by atoms with Gasteiger partial charge in [0.15, 0.2) is 11.5 Å². The number of benzene rings is 1. The highest BCUT2D eigenvalue weighted by molar-refractivity contribution is 14.1. The Labute approximate surface area is 137 Å². The highest BCUT2D eigenvalue weighted by atomic mass is 127. The van der Waals surface area contributed by atoms with Gasteiger partial charge in [0.25, 0.3) is 0 Å². The van der Waals surface area contributed by atoms with Crippen LogP contribution in [0.1, 0.15) is 9.67 Å². The molecule has 0 aliphatic carbocycles. The van der Waals surface area contributed by atoms with Gasteiger partial charge in [-0.05, 0) is 12.1 Å². The number of nitrogen functional groups attached to an aromatic ring is 1. The number of hydrogen-bond acceptors (Lipinski definition) is 6. The molecular weight excluding hydrogens is 403 g/mol. The Hall–Kier alpha value is -1.61. The summed E-state index contributed by atoms with van der Waals surface area (Å²) in [6.07, 6.45) is 0. The summed E-state index contributed by atoms with van der Waals surface area (Å²) >= 11 is 3.06. The molecule has 0 fully saturated rings. The number of carbonyl (C=O) groups is 1. The van der Waals surface area contributed by atoms with Gasteiger partial charge in [-0.25, -0.2) is 4.98 Å². The lowest BCUT2D eigenvalue weighted by molar-refractivity contribution is 0.111. The summed E-state index contributed by atoms with van der Waals surface area (Å²) in [7, 11) is 0. The molecule has 106 valence electrons. The van der Waals surface area contributed by atoms with E-state index in [0.717, 1.165) is 21.1 Å². The van der Waals surface area contributed by atoms with Crippen LogP contribution in [0.4, 0.5) is 5.69 Å². The van der Waals surface area contributed by atoms with Gasteiger partial charge in [0.1, 0.15) is 22.9 Å². The first-order valence-corrected chi connectivity index (χ1v) is 8.15. The molecule has 0 saturated heterocycles. The fourth-order valence-electron chi connectivity index (χ4n) is 2.38. The van der Waals surface area contributed by atoms with E-state index in [1.165, 1.54) is 11.3 Å². The molecule has 4 rings (SSSR count). The predicted molar refractivity (Wildman–Crippen MR) is 90.9 cm³/mol. The Morgan fingerprint density at radius 2 is 1.95 bits per heavy atom. The van der Waals surface area contributed by atoms with Crippen molar-refractivity contribution in [2.45, 2.75) is 0 Å². The lowest BCUT2D eigenvalue weighted by Crippen LogP contribution is -2.15. The van der Waals surface area contributed by atoms with Gasteiger partial charge in [0.2, 0.25) is 3.79 Å². The molecule has 3 heterocycles. The third kappa shape index (κ3) is 2.03. The number of fused-ring (bicyclic) bond motifs is 3. The van der Waals surface area contributed by atoms with Crippen molar-refractivity contribution in [3.63, 3.8) is 0 Å². The van der Waals surface area contributed by atoms with E-state index < -0.39 is 0 Å². The first-order valence-electron chi connectivity index (χ1n) is 6.25. The molecule has 0 atom stereocenters. The van der Waals surface area contributed by atoms with Gasteiger partial charge in [-0.3, -0.25) is 4.79 Å². The molecule has 3 aromatic rings. The molecule has 2 N–H and O–H groups in total. The number of hydrogen-bond donors (Lipinski definition) is 1. The van der Waals surface area contributed by atoms with Crippen molar-refractivity contribution in [3.8, 4) is 11.5 Å². The summed E-state index contributed by atoms with van der Waals surface area (Å²) in [6, 6.07) is 5.72. The highest BCUT2D eigenvalue weighted by Crippen LogP contribution is 2.39. The van der Waals surface area contributed by atoms with E-state index in [2.05, 4.69) is 4.98 Å². The van der Waals surface area contributed by atoms with Crippen molar-refractivity contribution in [2.24, 2.45) is 0 Å². The second-order valence-electron chi connectivity index (χ2n) is 4.65. The molecule has 0 saturated carbocycles. The number of aromatic nitrogens is 1. The number of nitrogens with zero attached hydrogens (tertiary/aromatic N) is 1. The van der Waals surface area contributed by atoms with Crippen molar-refractivity contribution < 1.29 is 14.3 Å². The molecular formula is C14H9IN2O3S. The normalized spacial score (nSPS) is 13.8. The number of ether oxygens (including phenoxy) is 2. The van der Waals surface area contributed by atoms with E-state index in [0.29, 0.717) is 35.3 Å². The minimum atomic E-state index is -0.0666. The van der Waals surface area contributed by atoms with E-state index in [1.807, 2.05) is 18.2 Å². The zero-order chi connectivity index (χ0) is 14.6. The van der Waals surface area contributed by atoms with E-state index in [9.17, 15) is 4.79 Å². The Morgan fingerprint density at radius 3 is 2.67 bits per heavy atom. The van der Waals surface area contributed by atoms with Crippen molar-refractivity contribution in [3.05, 3.63) is 23.1 Å². The first kappa shape index (κ1) is 13.1. The summed E-state index contributed by atoms with van der Waals surface area (Å²) in [5.74, 6) is 1.42. The fraction of sp³-hybridized carbons (Fsp3) is 0.143. The van der Waals surface area contributed by atoms with E-state index in [4.69, 9.17) is 15.2 Å². The number of carbonyl (C=O) groups excluding carboxylic acids is 1. The predicted octanol–water partition coefficient (Wildman–Crippen LogP) is 3.38. The maximum absolute atomic E-state index is 11.6. The largest absolute Gasteiger partial charge is 0.486 e. The van der Waals surface area contributed by atoms with Crippen LogP contribution in [0.5, 0.6) is 11.5 Å². The van der Waals surface area contributed by atoms with Gasteiger partial charge in [0, 0.05) is 39.4 Å². The van der Waals surface area contributed by atoms with Crippen LogP contribution in [-0.4, -0.2) is 22.0 Å². The Balaban J connectivity index is 2.02. The van der Waals surface area contributed by atoms with Gasteiger partial charge in [-0.2, -0.15) is 0 Å². The zero-order valence-electron chi connectivity index (χ0n) is 10.7. The quantitative estimate of drug-likeness (QED) is 0.490. The molecule has 21 heavy (non-hydrogen) atoms. The smallest absolute Gasteiger partial charge is 0.234 e. The molecule has 0 radical (unpaired) electrons. The van der Waals surface area contributed by atoms with Crippen LogP contribution in [0.25, 0.3) is 21.1 Å². The topological polar surface area (TPSA) is 74.4 Å². The molecule has 0 amide bonds. The second kappa shape index (κ2) is 4.70.